The van der Waals surface area contributed by atoms with Gasteiger partial charge in [0.15, 0.2) is 0 Å². The fourth-order valence-corrected chi connectivity index (χ4v) is 10.2. The predicted octanol–water partition coefficient (Wildman–Crippen LogP) is 20.6. The first-order valence-corrected chi connectivity index (χ1v) is 32.6. The van der Waals surface area contributed by atoms with Crippen LogP contribution in [0.2, 0.25) is 0 Å². The average Bonchev–Trinajstić information content (AvgIpc) is 3.38. The van der Waals surface area contributed by atoms with Crippen molar-refractivity contribution >= 4 is 11.9 Å². The summed E-state index contributed by atoms with van der Waals surface area (Å²) in [6.07, 6.45) is 76.6. The molecule has 0 saturated heterocycles. The Hall–Kier alpha value is -1.66. The van der Waals surface area contributed by atoms with E-state index in [2.05, 4.69) is 31.3 Å². The molecule has 72 heavy (non-hydrogen) atoms. The lowest BCUT2D eigenvalue weighted by Crippen LogP contribution is -2.45. The summed E-state index contributed by atoms with van der Waals surface area (Å²) in [7, 11) is 0. The minimum atomic E-state index is -0.851. The standard InChI is InChI=1S/C66H127NO5/c1-3-5-7-9-11-13-15-16-17-18-19-20-21-22-23-26-29-32-35-39-42-46-50-54-58-64(69)63(62-68)67-65(70)59-55-51-47-43-40-36-33-30-27-24-25-28-31-34-37-41-45-49-53-57-61-72-66(71)60-56-52-48-44-38-14-12-10-8-6-4-2/h24,27,54,58,63-64,68-69H,3-23,25-26,28-53,55-57,59-62H2,1-2H3,(H,67,70)/b27-24-,58-54+. The molecule has 0 aliphatic carbocycles. The molecule has 6 heteroatoms. The van der Waals surface area contributed by atoms with Gasteiger partial charge in [0, 0.05) is 12.8 Å². The molecule has 0 spiro atoms. The summed E-state index contributed by atoms with van der Waals surface area (Å²) in [5, 5.41) is 23.2. The molecule has 0 bridgehead atoms. The molecule has 0 aromatic heterocycles. The number of allylic oxidation sites excluding steroid dienone is 3. The summed E-state index contributed by atoms with van der Waals surface area (Å²) in [6, 6.07) is -0.635. The average molecular weight is 1010 g/mol. The van der Waals surface area contributed by atoms with Crippen LogP contribution in [0.1, 0.15) is 361 Å². The SMILES string of the molecule is CCCCCCCCCCCCCCCCCCCCCCCC/C=C/C(O)C(CO)NC(=O)CCCCCCCCC/C=C\CCCCCCCCCCCOC(=O)CCCCCCCCCCCCC. The minimum Gasteiger partial charge on any atom is -0.466 e. The van der Waals surface area contributed by atoms with E-state index in [1.165, 1.54) is 283 Å². The van der Waals surface area contributed by atoms with Crippen molar-refractivity contribution < 1.29 is 24.5 Å². The van der Waals surface area contributed by atoms with Gasteiger partial charge >= 0.3 is 5.97 Å². The van der Waals surface area contributed by atoms with Crippen LogP contribution in [0, 0.1) is 0 Å². The van der Waals surface area contributed by atoms with Crippen molar-refractivity contribution in [3.63, 3.8) is 0 Å². The van der Waals surface area contributed by atoms with Gasteiger partial charge in [0.05, 0.1) is 25.4 Å². The zero-order valence-corrected chi connectivity index (χ0v) is 48.7. The lowest BCUT2D eigenvalue weighted by Gasteiger charge is -2.20. The maximum absolute atomic E-state index is 12.5. The number of nitrogens with one attached hydrogen (secondary N) is 1. The van der Waals surface area contributed by atoms with Gasteiger partial charge in [0.25, 0.3) is 0 Å². The number of aliphatic hydroxyl groups excluding tert-OH is 2. The molecule has 426 valence electrons. The number of unbranched alkanes of at least 4 members (excludes halogenated alkanes) is 48. The monoisotopic (exact) mass is 1010 g/mol. The zero-order valence-electron chi connectivity index (χ0n) is 48.7. The third kappa shape index (κ3) is 57.6. The quantitative estimate of drug-likeness (QED) is 0.0320. The molecule has 0 heterocycles. The summed E-state index contributed by atoms with van der Waals surface area (Å²) in [5.41, 5.74) is 0. The zero-order chi connectivity index (χ0) is 52.2. The third-order valence-electron chi connectivity index (χ3n) is 15.2. The Bertz CT molecular complexity index is 1120. The molecular formula is C66H127NO5. The fourth-order valence-electron chi connectivity index (χ4n) is 10.2. The van der Waals surface area contributed by atoms with E-state index in [-0.39, 0.29) is 18.5 Å². The number of ether oxygens (including phenoxy) is 1. The molecule has 0 saturated carbocycles. The van der Waals surface area contributed by atoms with Crippen molar-refractivity contribution in [2.24, 2.45) is 0 Å². The van der Waals surface area contributed by atoms with Crippen molar-refractivity contribution in [1.82, 2.24) is 5.32 Å². The number of carbonyl (C=O) groups excluding carboxylic acids is 2. The van der Waals surface area contributed by atoms with E-state index in [1.54, 1.807) is 6.08 Å². The number of carbonyl (C=O) groups is 2. The summed E-state index contributed by atoms with van der Waals surface area (Å²) in [5.74, 6) is -0.0670. The molecule has 0 aromatic rings. The molecule has 6 nitrogen and oxygen atoms in total. The highest BCUT2D eigenvalue weighted by atomic mass is 16.5. The van der Waals surface area contributed by atoms with Gasteiger partial charge < -0.3 is 20.3 Å². The van der Waals surface area contributed by atoms with Crippen LogP contribution < -0.4 is 5.32 Å². The van der Waals surface area contributed by atoms with E-state index in [0.29, 0.717) is 19.4 Å². The maximum Gasteiger partial charge on any atom is 0.305 e. The van der Waals surface area contributed by atoms with Gasteiger partial charge in [-0.3, -0.25) is 9.59 Å². The number of esters is 1. The molecular weight excluding hydrogens is 887 g/mol. The van der Waals surface area contributed by atoms with E-state index in [0.717, 1.165) is 51.4 Å². The molecule has 2 atom stereocenters. The van der Waals surface area contributed by atoms with Crippen molar-refractivity contribution in [3.8, 4) is 0 Å². The molecule has 0 fully saturated rings. The lowest BCUT2D eigenvalue weighted by molar-refractivity contribution is -0.143. The van der Waals surface area contributed by atoms with Gasteiger partial charge in [-0.2, -0.15) is 0 Å². The molecule has 0 aromatic carbocycles. The number of amides is 1. The summed E-state index contributed by atoms with van der Waals surface area (Å²) in [6.45, 7) is 4.92. The molecule has 1 amide bonds. The number of hydrogen-bond donors (Lipinski definition) is 3. The highest BCUT2D eigenvalue weighted by molar-refractivity contribution is 5.76. The van der Waals surface area contributed by atoms with E-state index < -0.39 is 12.1 Å². The number of rotatable bonds is 61. The summed E-state index contributed by atoms with van der Waals surface area (Å²) in [4.78, 5) is 24.5. The van der Waals surface area contributed by atoms with Crippen LogP contribution in [-0.4, -0.2) is 47.4 Å². The highest BCUT2D eigenvalue weighted by Gasteiger charge is 2.18. The van der Waals surface area contributed by atoms with E-state index in [4.69, 9.17) is 4.74 Å². The van der Waals surface area contributed by atoms with Crippen LogP contribution in [0.3, 0.4) is 0 Å². The first-order chi connectivity index (χ1) is 35.5. The van der Waals surface area contributed by atoms with E-state index in [1.807, 2.05) is 6.08 Å². The third-order valence-corrected chi connectivity index (χ3v) is 15.2. The van der Waals surface area contributed by atoms with Crippen LogP contribution in [-0.2, 0) is 14.3 Å². The van der Waals surface area contributed by atoms with Crippen LogP contribution in [0.5, 0.6) is 0 Å². The molecule has 2 unspecified atom stereocenters. The minimum absolute atomic E-state index is 0.00583. The van der Waals surface area contributed by atoms with Gasteiger partial charge in [0.2, 0.25) is 5.91 Å². The number of hydrogen-bond acceptors (Lipinski definition) is 5. The molecule has 0 aliphatic heterocycles. The second kappa shape index (κ2) is 61.9. The molecule has 3 N–H and O–H groups in total. The second-order valence-corrected chi connectivity index (χ2v) is 22.5. The Balaban J connectivity index is 3.46. The predicted molar refractivity (Wildman–Crippen MR) is 315 cm³/mol. The van der Waals surface area contributed by atoms with Crippen molar-refractivity contribution in [2.45, 2.75) is 373 Å². The summed E-state index contributed by atoms with van der Waals surface area (Å²) < 4.78 is 5.46. The van der Waals surface area contributed by atoms with Crippen LogP contribution >= 0.6 is 0 Å². The smallest absolute Gasteiger partial charge is 0.305 e. The Kier molecular flexibility index (Phi) is 60.5. The molecule has 0 aliphatic rings. The Morgan fingerprint density at radius 3 is 0.986 bits per heavy atom. The van der Waals surface area contributed by atoms with Crippen molar-refractivity contribution in [2.75, 3.05) is 13.2 Å². The molecule has 0 rings (SSSR count). The van der Waals surface area contributed by atoms with Crippen LogP contribution in [0.25, 0.3) is 0 Å². The van der Waals surface area contributed by atoms with Gasteiger partial charge in [-0.05, 0) is 57.8 Å². The Morgan fingerprint density at radius 1 is 0.375 bits per heavy atom. The first-order valence-electron chi connectivity index (χ1n) is 32.6. The summed E-state index contributed by atoms with van der Waals surface area (Å²) >= 11 is 0. The fraction of sp³-hybridized carbons (Fsp3) is 0.909. The molecule has 0 radical (unpaired) electrons. The van der Waals surface area contributed by atoms with Crippen LogP contribution in [0.4, 0.5) is 0 Å². The largest absolute Gasteiger partial charge is 0.466 e. The first kappa shape index (κ1) is 70.3. The van der Waals surface area contributed by atoms with Gasteiger partial charge in [0.1, 0.15) is 0 Å². The second-order valence-electron chi connectivity index (χ2n) is 22.5. The van der Waals surface area contributed by atoms with Gasteiger partial charge in [-0.1, -0.05) is 314 Å². The highest BCUT2D eigenvalue weighted by Crippen LogP contribution is 2.18. The van der Waals surface area contributed by atoms with E-state index in [9.17, 15) is 19.8 Å². The van der Waals surface area contributed by atoms with Gasteiger partial charge in [-0.25, -0.2) is 0 Å². The van der Waals surface area contributed by atoms with Crippen molar-refractivity contribution in [1.29, 1.82) is 0 Å². The lowest BCUT2D eigenvalue weighted by atomic mass is 10.0. The topological polar surface area (TPSA) is 95.9 Å². The number of aliphatic hydroxyl groups is 2. The normalized spacial score (nSPS) is 12.7. The van der Waals surface area contributed by atoms with E-state index >= 15 is 0 Å². The Labute approximate surface area is 450 Å². The Morgan fingerprint density at radius 2 is 0.653 bits per heavy atom. The van der Waals surface area contributed by atoms with Crippen molar-refractivity contribution in [3.05, 3.63) is 24.3 Å². The maximum atomic E-state index is 12.5. The van der Waals surface area contributed by atoms with Gasteiger partial charge in [-0.15, -0.1) is 0 Å². The van der Waals surface area contributed by atoms with Crippen LogP contribution in [0.15, 0.2) is 24.3 Å².